The molecule has 0 radical (unpaired) electrons. The van der Waals surface area contributed by atoms with Crippen molar-refractivity contribution in [3.8, 4) is 0 Å². The first-order chi connectivity index (χ1) is 18.8. The van der Waals surface area contributed by atoms with E-state index in [0.29, 0.717) is 30.8 Å². The molecule has 10 nitrogen and oxygen atoms in total. The Balaban J connectivity index is 1.35. The maximum atomic E-state index is 13.9. The van der Waals surface area contributed by atoms with Crippen LogP contribution in [-0.2, 0) is 16.1 Å². The van der Waals surface area contributed by atoms with Gasteiger partial charge in [0, 0.05) is 18.2 Å². The highest BCUT2D eigenvalue weighted by Crippen LogP contribution is 2.43. The molecule has 2 aliphatic heterocycles. The number of para-hydroxylation sites is 2. The number of rotatable bonds is 5. The molecule has 10 heteroatoms. The van der Waals surface area contributed by atoms with Crippen LogP contribution in [0.15, 0.2) is 72.8 Å². The van der Waals surface area contributed by atoms with Gasteiger partial charge in [0.05, 0.1) is 39.9 Å². The van der Waals surface area contributed by atoms with Crippen LogP contribution in [0.5, 0.6) is 0 Å². The number of non-ortho nitro benzene ring substituents is 1. The molecule has 0 saturated heterocycles. The fourth-order valence-electron chi connectivity index (χ4n) is 5.93. The summed E-state index contributed by atoms with van der Waals surface area (Å²) in [7, 11) is 0. The molecule has 196 valence electrons. The fourth-order valence-corrected chi connectivity index (χ4v) is 5.93. The molecule has 2 atom stereocenters. The van der Waals surface area contributed by atoms with E-state index < -0.39 is 41.1 Å². The van der Waals surface area contributed by atoms with Crippen molar-refractivity contribution in [2.24, 2.45) is 5.92 Å². The molecule has 0 aromatic heterocycles. The number of hydrogen-bond acceptors (Lipinski definition) is 6. The Kier molecular flexibility index (Phi) is 5.94. The average Bonchev–Trinajstić information content (AvgIpc) is 3.49. The van der Waals surface area contributed by atoms with Gasteiger partial charge in [0.15, 0.2) is 0 Å². The van der Waals surface area contributed by atoms with Gasteiger partial charge >= 0.3 is 0 Å². The fraction of sp³-hybridized carbons (Fsp3) is 0.241. The van der Waals surface area contributed by atoms with E-state index in [1.54, 1.807) is 28.0 Å². The Labute approximate surface area is 223 Å². The largest absolute Gasteiger partial charge is 0.306 e. The molecule has 0 spiro atoms. The summed E-state index contributed by atoms with van der Waals surface area (Å²) in [6, 6.07) is 19.9. The summed E-state index contributed by atoms with van der Waals surface area (Å²) in [6.45, 7) is -0.191. The zero-order chi connectivity index (χ0) is 27.3. The molecule has 3 aliphatic rings. The summed E-state index contributed by atoms with van der Waals surface area (Å²) in [4.78, 5) is 68.6. The summed E-state index contributed by atoms with van der Waals surface area (Å²) in [5, 5.41) is 11.2. The van der Waals surface area contributed by atoms with Crippen molar-refractivity contribution in [1.29, 1.82) is 0 Å². The van der Waals surface area contributed by atoms with E-state index >= 15 is 0 Å². The van der Waals surface area contributed by atoms with Crippen LogP contribution in [0.3, 0.4) is 0 Å². The van der Waals surface area contributed by atoms with E-state index in [1.165, 1.54) is 6.07 Å². The van der Waals surface area contributed by atoms with Gasteiger partial charge in [-0.25, -0.2) is 0 Å². The Morgan fingerprint density at radius 2 is 1.54 bits per heavy atom. The third-order valence-electron chi connectivity index (χ3n) is 7.74. The molecule has 0 N–H and O–H groups in total. The van der Waals surface area contributed by atoms with Crippen LogP contribution in [0, 0.1) is 16.0 Å². The molecular weight excluding hydrogens is 500 g/mol. The monoisotopic (exact) mass is 524 g/mol. The van der Waals surface area contributed by atoms with E-state index in [9.17, 15) is 29.3 Å². The molecule has 1 aliphatic carbocycles. The lowest BCUT2D eigenvalue weighted by Gasteiger charge is -2.31. The lowest BCUT2D eigenvalue weighted by molar-refractivity contribution is -0.384. The van der Waals surface area contributed by atoms with Crippen LogP contribution in [0.1, 0.15) is 45.5 Å². The summed E-state index contributed by atoms with van der Waals surface area (Å²) in [5.41, 5.74) is 1.71. The van der Waals surface area contributed by atoms with Gasteiger partial charge < -0.3 is 9.80 Å². The number of amides is 4. The van der Waals surface area contributed by atoms with Crippen LogP contribution in [0.4, 0.5) is 17.1 Å². The molecule has 39 heavy (non-hydrogen) atoms. The zero-order valence-corrected chi connectivity index (χ0v) is 20.9. The molecule has 1 saturated carbocycles. The number of carbonyl (C=O) groups excluding carboxylic acids is 4. The number of carbonyl (C=O) groups is 4. The van der Waals surface area contributed by atoms with Gasteiger partial charge in [-0.3, -0.25) is 34.2 Å². The lowest BCUT2D eigenvalue weighted by Crippen LogP contribution is -2.49. The minimum atomic E-state index is -0.750. The van der Waals surface area contributed by atoms with Gasteiger partial charge in [-0.05, 0) is 36.6 Å². The standard InChI is InChI=1S/C29H24N4O6/c34-26(17-31-27(35)20-14-13-19(33(38)39)15-22(20)29(31)37)32-23-12-6-9-21(23)28(36)30(16-18-7-2-1-3-8-18)24-10-4-5-11-25(24)32/h1-5,7-8,10-11,13-15,21,23H,6,9,12,16-17H2/t21-,23?/m0/s1. The maximum absolute atomic E-state index is 13.9. The van der Waals surface area contributed by atoms with Crippen molar-refractivity contribution in [2.75, 3.05) is 16.3 Å². The predicted molar refractivity (Wildman–Crippen MR) is 141 cm³/mol. The lowest BCUT2D eigenvalue weighted by atomic mass is 10.0. The van der Waals surface area contributed by atoms with E-state index in [2.05, 4.69) is 0 Å². The first kappa shape index (κ1) is 24.5. The Bertz CT molecular complexity index is 1540. The smallest absolute Gasteiger partial charge is 0.270 e. The number of fused-ring (bicyclic) bond motifs is 3. The Morgan fingerprint density at radius 1 is 0.846 bits per heavy atom. The molecule has 1 fully saturated rings. The molecular formula is C29H24N4O6. The van der Waals surface area contributed by atoms with Crippen LogP contribution < -0.4 is 9.80 Å². The molecule has 2 heterocycles. The summed E-state index contributed by atoms with van der Waals surface area (Å²) < 4.78 is 0. The molecule has 3 aromatic rings. The third-order valence-corrected chi connectivity index (χ3v) is 7.74. The van der Waals surface area contributed by atoms with Gasteiger partial charge in [0.2, 0.25) is 11.8 Å². The van der Waals surface area contributed by atoms with Crippen LogP contribution in [-0.4, -0.2) is 46.0 Å². The number of benzene rings is 3. The number of anilines is 2. The maximum Gasteiger partial charge on any atom is 0.270 e. The van der Waals surface area contributed by atoms with Crippen molar-refractivity contribution in [3.63, 3.8) is 0 Å². The number of hydrogen-bond donors (Lipinski definition) is 0. The van der Waals surface area contributed by atoms with Gasteiger partial charge in [-0.2, -0.15) is 0 Å². The van der Waals surface area contributed by atoms with Gasteiger partial charge in [-0.1, -0.05) is 48.9 Å². The summed E-state index contributed by atoms with van der Waals surface area (Å²) >= 11 is 0. The number of nitrogens with zero attached hydrogens (tertiary/aromatic N) is 4. The van der Waals surface area contributed by atoms with Crippen LogP contribution in [0.2, 0.25) is 0 Å². The Morgan fingerprint density at radius 3 is 2.28 bits per heavy atom. The summed E-state index contributed by atoms with van der Waals surface area (Å²) in [6.07, 6.45) is 2.01. The minimum absolute atomic E-state index is 0.0256. The molecule has 4 amide bonds. The van der Waals surface area contributed by atoms with Gasteiger partial charge in [0.25, 0.3) is 17.5 Å². The van der Waals surface area contributed by atoms with E-state index in [0.717, 1.165) is 29.0 Å². The van der Waals surface area contributed by atoms with E-state index in [-0.39, 0.29) is 22.7 Å². The Hall–Kier alpha value is -4.86. The van der Waals surface area contributed by atoms with Crippen molar-refractivity contribution < 1.29 is 24.1 Å². The molecule has 0 bridgehead atoms. The van der Waals surface area contributed by atoms with Crippen LogP contribution in [0.25, 0.3) is 0 Å². The van der Waals surface area contributed by atoms with Crippen molar-refractivity contribution >= 4 is 40.7 Å². The van der Waals surface area contributed by atoms with Crippen molar-refractivity contribution in [3.05, 3.63) is 99.6 Å². The third kappa shape index (κ3) is 4.04. The van der Waals surface area contributed by atoms with E-state index in [4.69, 9.17) is 0 Å². The SMILES string of the molecule is O=C1c2ccc([N+](=O)[O-])cc2C(=O)N1CC(=O)N1c2ccccc2N(Cc2ccccc2)C(=O)[C@H]2CCCC21. The normalized spacial score (nSPS) is 20.0. The first-order valence-corrected chi connectivity index (χ1v) is 12.8. The number of imide groups is 1. The zero-order valence-electron chi connectivity index (χ0n) is 20.9. The second-order valence-electron chi connectivity index (χ2n) is 9.95. The predicted octanol–water partition coefficient (Wildman–Crippen LogP) is 3.94. The highest BCUT2D eigenvalue weighted by Gasteiger charge is 2.47. The quantitative estimate of drug-likeness (QED) is 0.283. The summed E-state index contributed by atoms with van der Waals surface area (Å²) in [5.74, 6) is -2.39. The second-order valence-corrected chi connectivity index (χ2v) is 9.95. The number of nitro benzene ring substituents is 1. The molecule has 6 rings (SSSR count). The molecule has 1 unspecified atom stereocenters. The van der Waals surface area contributed by atoms with Gasteiger partial charge in [-0.15, -0.1) is 0 Å². The van der Waals surface area contributed by atoms with Gasteiger partial charge in [0.1, 0.15) is 6.54 Å². The first-order valence-electron chi connectivity index (χ1n) is 12.8. The van der Waals surface area contributed by atoms with Crippen LogP contribution >= 0.6 is 0 Å². The van der Waals surface area contributed by atoms with E-state index in [1.807, 2.05) is 36.4 Å². The average molecular weight is 525 g/mol. The highest BCUT2D eigenvalue weighted by atomic mass is 16.6. The minimum Gasteiger partial charge on any atom is -0.306 e. The number of nitro groups is 1. The molecule has 3 aromatic carbocycles. The van der Waals surface area contributed by atoms with Crippen molar-refractivity contribution in [1.82, 2.24) is 4.90 Å². The second kappa shape index (κ2) is 9.46. The topological polar surface area (TPSA) is 121 Å². The highest BCUT2D eigenvalue weighted by molar-refractivity contribution is 6.23. The van der Waals surface area contributed by atoms with Crippen molar-refractivity contribution in [2.45, 2.75) is 31.8 Å².